The van der Waals surface area contributed by atoms with Crippen LogP contribution in [0.15, 0.2) is 17.3 Å². The Hall–Kier alpha value is -1.08. The van der Waals surface area contributed by atoms with E-state index in [1.807, 2.05) is 12.2 Å². The third-order valence-corrected chi connectivity index (χ3v) is 4.62. The molecule has 3 unspecified atom stereocenters. The second-order valence-electron chi connectivity index (χ2n) is 5.88. The van der Waals surface area contributed by atoms with Gasteiger partial charge in [0, 0.05) is 0 Å². The Bertz CT molecular complexity index is 413. The first kappa shape index (κ1) is 16.3. The molecule has 21 heavy (non-hydrogen) atoms. The molecular weight excluding hydrogens is 300 g/mol. The minimum absolute atomic E-state index is 0.116. The number of allylic oxidation sites excluding steroid dienone is 2. The molecule has 3 atom stereocenters. The second kappa shape index (κ2) is 5.28. The van der Waals surface area contributed by atoms with Crippen molar-refractivity contribution in [3.05, 3.63) is 17.1 Å². The van der Waals surface area contributed by atoms with E-state index in [9.17, 15) is 31.2 Å². The number of rotatable bonds is 5. The zero-order chi connectivity index (χ0) is 15.9. The van der Waals surface area contributed by atoms with Gasteiger partial charge in [0.25, 0.3) is 5.54 Å². The fourth-order valence-corrected chi connectivity index (χ4v) is 3.44. The van der Waals surface area contributed by atoms with Crippen molar-refractivity contribution < 1.29 is 26.3 Å². The Labute approximate surface area is 117 Å². The van der Waals surface area contributed by atoms with Crippen LogP contribution < -0.4 is 0 Å². The van der Waals surface area contributed by atoms with Gasteiger partial charge in [-0.15, -0.1) is 4.91 Å². The summed E-state index contributed by atoms with van der Waals surface area (Å²) in [7, 11) is 0. The van der Waals surface area contributed by atoms with Gasteiger partial charge in [-0.3, -0.25) is 0 Å². The van der Waals surface area contributed by atoms with Crippen LogP contribution in [0.25, 0.3) is 0 Å². The molecule has 0 aromatic rings. The summed E-state index contributed by atoms with van der Waals surface area (Å²) >= 11 is 0. The van der Waals surface area contributed by atoms with Crippen molar-refractivity contribution >= 4 is 0 Å². The number of nitrogens with zero attached hydrogens (tertiary/aromatic N) is 1. The van der Waals surface area contributed by atoms with E-state index in [-0.39, 0.29) is 24.7 Å². The van der Waals surface area contributed by atoms with Crippen molar-refractivity contribution in [3.63, 3.8) is 0 Å². The highest BCUT2D eigenvalue weighted by Gasteiger charge is 2.72. The molecule has 1 fully saturated rings. The summed E-state index contributed by atoms with van der Waals surface area (Å²) in [5.74, 6) is 0.773. The van der Waals surface area contributed by atoms with Gasteiger partial charge in [0.05, 0.1) is 0 Å². The van der Waals surface area contributed by atoms with E-state index in [1.165, 1.54) is 5.18 Å². The van der Waals surface area contributed by atoms with Gasteiger partial charge in [-0.1, -0.05) is 12.2 Å². The SMILES string of the molecule is O=NC(CCCC1CC2C=CC1C2)(C(F)(F)F)C(F)(F)F. The lowest BCUT2D eigenvalue weighted by atomic mass is 9.85. The average molecular weight is 315 g/mol. The summed E-state index contributed by atoms with van der Waals surface area (Å²) in [6, 6.07) is 0. The van der Waals surface area contributed by atoms with Crippen molar-refractivity contribution in [2.24, 2.45) is 22.9 Å². The highest BCUT2D eigenvalue weighted by atomic mass is 19.4. The van der Waals surface area contributed by atoms with Gasteiger partial charge in [0.1, 0.15) is 0 Å². The van der Waals surface area contributed by atoms with Crippen LogP contribution in [-0.4, -0.2) is 17.9 Å². The Morgan fingerprint density at radius 2 is 1.62 bits per heavy atom. The first-order valence-electron chi connectivity index (χ1n) is 6.77. The van der Waals surface area contributed by atoms with Gasteiger partial charge in [0.2, 0.25) is 0 Å². The zero-order valence-electron chi connectivity index (χ0n) is 11.0. The maximum atomic E-state index is 12.7. The van der Waals surface area contributed by atoms with Crippen LogP contribution in [0.3, 0.4) is 0 Å². The Morgan fingerprint density at radius 3 is 2.00 bits per heavy atom. The van der Waals surface area contributed by atoms with Gasteiger partial charge < -0.3 is 0 Å². The van der Waals surface area contributed by atoms with Gasteiger partial charge in [0.15, 0.2) is 0 Å². The highest BCUT2D eigenvalue weighted by molar-refractivity contribution is 5.10. The van der Waals surface area contributed by atoms with Crippen molar-refractivity contribution in [2.45, 2.75) is 50.0 Å². The van der Waals surface area contributed by atoms with E-state index in [0.29, 0.717) is 5.92 Å². The third-order valence-electron chi connectivity index (χ3n) is 4.62. The maximum absolute atomic E-state index is 12.7. The van der Waals surface area contributed by atoms with Crippen molar-refractivity contribution in [3.8, 4) is 0 Å². The lowest BCUT2D eigenvalue weighted by molar-refractivity contribution is -0.297. The smallest absolute Gasteiger partial charge is 0.168 e. The predicted octanol–water partition coefficient (Wildman–Crippen LogP) is 5.00. The molecule has 0 aliphatic heterocycles. The minimum Gasteiger partial charge on any atom is -0.168 e. The van der Waals surface area contributed by atoms with E-state index in [4.69, 9.17) is 0 Å². The molecule has 0 aromatic heterocycles. The Kier molecular flexibility index (Phi) is 4.10. The predicted molar refractivity (Wildman–Crippen MR) is 63.3 cm³/mol. The second-order valence-corrected chi connectivity index (χ2v) is 5.88. The van der Waals surface area contributed by atoms with E-state index >= 15 is 0 Å². The number of alkyl halides is 6. The zero-order valence-corrected chi connectivity index (χ0v) is 11.0. The lowest BCUT2D eigenvalue weighted by Crippen LogP contribution is -2.55. The number of hydrogen-bond donors (Lipinski definition) is 0. The molecule has 2 aliphatic rings. The number of hydrogen-bond acceptors (Lipinski definition) is 2. The van der Waals surface area contributed by atoms with Crippen LogP contribution in [-0.2, 0) is 0 Å². The van der Waals surface area contributed by atoms with E-state index in [1.54, 1.807) is 0 Å². The van der Waals surface area contributed by atoms with E-state index < -0.39 is 24.3 Å². The Balaban J connectivity index is 2.00. The lowest BCUT2D eigenvalue weighted by Gasteiger charge is -2.31. The molecule has 0 saturated heterocycles. The molecule has 0 aromatic carbocycles. The molecule has 0 N–H and O–H groups in total. The molecule has 0 amide bonds. The quantitative estimate of drug-likeness (QED) is 0.399. The average Bonchev–Trinajstić information content (AvgIpc) is 2.93. The van der Waals surface area contributed by atoms with E-state index in [0.717, 1.165) is 12.8 Å². The molecular formula is C13H15F6NO. The molecule has 2 nitrogen and oxygen atoms in total. The summed E-state index contributed by atoms with van der Waals surface area (Å²) in [5.41, 5.74) is -4.48. The van der Waals surface area contributed by atoms with Crippen LogP contribution in [0.1, 0.15) is 32.1 Å². The summed E-state index contributed by atoms with van der Waals surface area (Å²) < 4.78 is 76.2. The van der Waals surface area contributed by atoms with E-state index in [2.05, 4.69) is 0 Å². The topological polar surface area (TPSA) is 29.4 Å². The molecule has 0 spiro atoms. The van der Waals surface area contributed by atoms with Gasteiger partial charge in [-0.25, -0.2) is 0 Å². The van der Waals surface area contributed by atoms with Gasteiger partial charge in [-0.2, -0.15) is 26.3 Å². The third kappa shape index (κ3) is 2.81. The fourth-order valence-electron chi connectivity index (χ4n) is 3.44. The molecule has 0 heterocycles. The summed E-state index contributed by atoms with van der Waals surface area (Å²) in [4.78, 5) is 10.4. The van der Waals surface area contributed by atoms with Gasteiger partial charge >= 0.3 is 12.4 Å². The largest absolute Gasteiger partial charge is 0.426 e. The molecule has 0 radical (unpaired) electrons. The van der Waals surface area contributed by atoms with Gasteiger partial charge in [-0.05, 0) is 55.0 Å². The molecule has 8 heteroatoms. The summed E-state index contributed by atoms with van der Waals surface area (Å²) in [5, 5.41) is 1.46. The number of halogens is 6. The monoisotopic (exact) mass is 315 g/mol. The fraction of sp³-hybridized carbons (Fsp3) is 0.846. The number of fused-ring (bicyclic) bond motifs is 2. The Morgan fingerprint density at radius 1 is 1.00 bits per heavy atom. The molecule has 2 rings (SSSR count). The summed E-state index contributed by atoms with van der Waals surface area (Å²) in [6.45, 7) is 0. The van der Waals surface area contributed by atoms with Crippen LogP contribution in [0.2, 0.25) is 0 Å². The first-order valence-corrected chi connectivity index (χ1v) is 6.77. The maximum Gasteiger partial charge on any atom is 0.426 e. The van der Waals surface area contributed by atoms with Crippen molar-refractivity contribution in [2.75, 3.05) is 0 Å². The first-order chi connectivity index (χ1) is 9.61. The van der Waals surface area contributed by atoms with Crippen LogP contribution in [0.4, 0.5) is 26.3 Å². The summed E-state index contributed by atoms with van der Waals surface area (Å²) in [6.07, 6.45) is -7.06. The standard InChI is InChI=1S/C13H15F6NO/c14-12(15,16)11(20-21,13(17,18)19)5-1-2-9-6-8-3-4-10(9)7-8/h3-4,8-10H,1-2,5-7H2. The van der Waals surface area contributed by atoms with Crippen LogP contribution in [0.5, 0.6) is 0 Å². The minimum atomic E-state index is -5.72. The molecule has 1 saturated carbocycles. The molecule has 120 valence electrons. The van der Waals surface area contributed by atoms with Crippen molar-refractivity contribution in [1.82, 2.24) is 0 Å². The van der Waals surface area contributed by atoms with Crippen LogP contribution >= 0.6 is 0 Å². The highest BCUT2D eigenvalue weighted by Crippen LogP contribution is 2.50. The molecule has 2 aliphatic carbocycles. The number of nitroso groups, excluding NO2 is 1. The van der Waals surface area contributed by atoms with Crippen LogP contribution in [0, 0.1) is 22.7 Å². The van der Waals surface area contributed by atoms with Crippen molar-refractivity contribution in [1.29, 1.82) is 0 Å². The molecule has 2 bridgehead atoms. The normalized spacial score (nSPS) is 29.1.